The first-order valence-electron chi connectivity index (χ1n) is 7.05. The van der Waals surface area contributed by atoms with E-state index in [-0.39, 0.29) is 11.3 Å². The molecule has 1 heterocycles. The number of carbonyl (C=O) groups excluding carboxylic acids is 2. The summed E-state index contributed by atoms with van der Waals surface area (Å²) in [5, 5.41) is 4.60. The highest BCUT2D eigenvalue weighted by Crippen LogP contribution is 2.15. The lowest BCUT2D eigenvalue weighted by Crippen LogP contribution is -2.30. The molecule has 1 aromatic carbocycles. The summed E-state index contributed by atoms with van der Waals surface area (Å²) in [4.78, 5) is 24.5. The third-order valence-electron chi connectivity index (χ3n) is 2.92. The lowest BCUT2D eigenvalue weighted by atomic mass is 10.2. The normalized spacial score (nSPS) is 10.5. The van der Waals surface area contributed by atoms with E-state index in [9.17, 15) is 18.4 Å². The van der Waals surface area contributed by atoms with Crippen molar-refractivity contribution in [1.29, 1.82) is 0 Å². The van der Waals surface area contributed by atoms with Gasteiger partial charge in [-0.1, -0.05) is 6.07 Å². The van der Waals surface area contributed by atoms with Gasteiger partial charge in [0.15, 0.2) is 6.61 Å². The molecular weight excluding hydrogens is 340 g/mol. The standard InChI is InChI=1S/C16H15F2NO4S/c17-16(18)23-12-5-3-11(4-6-12)15(21)22-10-14(20)19-8-7-13-2-1-9-24-13/h1-6,9,16H,7-8,10H2,(H,19,20). The first-order chi connectivity index (χ1) is 11.5. The van der Waals surface area contributed by atoms with Crippen LogP contribution in [-0.4, -0.2) is 31.6 Å². The van der Waals surface area contributed by atoms with Crippen LogP contribution < -0.4 is 10.1 Å². The Morgan fingerprint density at radius 3 is 2.54 bits per heavy atom. The second kappa shape index (κ2) is 8.97. The maximum atomic E-state index is 12.0. The van der Waals surface area contributed by atoms with Gasteiger partial charge in [0.2, 0.25) is 0 Å². The van der Waals surface area contributed by atoms with Gasteiger partial charge in [0, 0.05) is 11.4 Å². The molecule has 1 amide bonds. The third-order valence-corrected chi connectivity index (χ3v) is 3.86. The minimum atomic E-state index is -2.93. The maximum Gasteiger partial charge on any atom is 0.387 e. The fourth-order valence-electron chi connectivity index (χ4n) is 1.82. The number of esters is 1. The van der Waals surface area contributed by atoms with E-state index in [1.807, 2.05) is 17.5 Å². The third kappa shape index (κ3) is 5.96. The second-order valence-electron chi connectivity index (χ2n) is 4.66. The van der Waals surface area contributed by atoms with Gasteiger partial charge >= 0.3 is 12.6 Å². The summed E-state index contributed by atoms with van der Waals surface area (Å²) in [5.74, 6) is -1.18. The van der Waals surface area contributed by atoms with Crippen molar-refractivity contribution in [2.24, 2.45) is 0 Å². The number of nitrogens with one attached hydrogen (secondary N) is 1. The summed E-state index contributed by atoms with van der Waals surface area (Å²) in [5.41, 5.74) is 0.142. The van der Waals surface area contributed by atoms with Crippen molar-refractivity contribution in [3.05, 3.63) is 52.2 Å². The van der Waals surface area contributed by atoms with Crippen molar-refractivity contribution in [3.63, 3.8) is 0 Å². The van der Waals surface area contributed by atoms with E-state index in [1.165, 1.54) is 24.3 Å². The van der Waals surface area contributed by atoms with Crippen LogP contribution >= 0.6 is 11.3 Å². The molecule has 0 fully saturated rings. The van der Waals surface area contributed by atoms with Crippen LogP contribution in [0.2, 0.25) is 0 Å². The highest BCUT2D eigenvalue weighted by atomic mass is 32.1. The molecule has 0 saturated heterocycles. The molecule has 1 aromatic heterocycles. The average molecular weight is 355 g/mol. The molecule has 5 nitrogen and oxygen atoms in total. The van der Waals surface area contributed by atoms with Crippen LogP contribution in [0.3, 0.4) is 0 Å². The van der Waals surface area contributed by atoms with Gasteiger partial charge in [-0.2, -0.15) is 8.78 Å². The highest BCUT2D eigenvalue weighted by molar-refractivity contribution is 7.09. The minimum absolute atomic E-state index is 0.0622. The Balaban J connectivity index is 1.70. The largest absolute Gasteiger partial charge is 0.452 e. The average Bonchev–Trinajstić information content (AvgIpc) is 3.06. The van der Waals surface area contributed by atoms with Crippen molar-refractivity contribution in [2.45, 2.75) is 13.0 Å². The van der Waals surface area contributed by atoms with E-state index < -0.39 is 25.1 Å². The van der Waals surface area contributed by atoms with Crippen molar-refractivity contribution >= 4 is 23.2 Å². The fraction of sp³-hybridized carbons (Fsp3) is 0.250. The Hall–Kier alpha value is -2.48. The Morgan fingerprint density at radius 1 is 1.17 bits per heavy atom. The number of carbonyl (C=O) groups is 2. The molecule has 0 bridgehead atoms. The molecule has 0 aliphatic rings. The number of alkyl halides is 2. The molecular formula is C16H15F2NO4S. The van der Waals surface area contributed by atoms with Gasteiger partial charge in [-0.25, -0.2) is 4.79 Å². The summed E-state index contributed by atoms with van der Waals surface area (Å²) in [6.45, 7) is -2.88. The van der Waals surface area contributed by atoms with Gasteiger partial charge < -0.3 is 14.8 Å². The molecule has 24 heavy (non-hydrogen) atoms. The highest BCUT2D eigenvalue weighted by Gasteiger charge is 2.11. The fourth-order valence-corrected chi connectivity index (χ4v) is 2.53. The van der Waals surface area contributed by atoms with Crippen LogP contribution in [0.4, 0.5) is 8.78 Å². The molecule has 2 aromatic rings. The first-order valence-corrected chi connectivity index (χ1v) is 7.93. The number of halogens is 2. The molecule has 0 aliphatic heterocycles. The number of benzene rings is 1. The monoisotopic (exact) mass is 355 g/mol. The predicted octanol–water partition coefficient (Wildman–Crippen LogP) is 2.87. The van der Waals surface area contributed by atoms with Crippen molar-refractivity contribution in [1.82, 2.24) is 5.32 Å². The molecule has 0 aliphatic carbocycles. The van der Waals surface area contributed by atoms with Gasteiger partial charge in [0.05, 0.1) is 5.56 Å². The molecule has 128 valence electrons. The zero-order valence-corrected chi connectivity index (χ0v) is 13.4. The smallest absolute Gasteiger partial charge is 0.387 e. The van der Waals surface area contributed by atoms with Gasteiger partial charge in [-0.05, 0) is 42.1 Å². The van der Waals surface area contributed by atoms with Crippen LogP contribution in [0.25, 0.3) is 0 Å². The Bertz CT molecular complexity index is 659. The van der Waals surface area contributed by atoms with Gasteiger partial charge in [0.25, 0.3) is 5.91 Å². The van der Waals surface area contributed by atoms with Gasteiger partial charge in [0.1, 0.15) is 5.75 Å². The molecule has 0 atom stereocenters. The predicted molar refractivity (Wildman–Crippen MR) is 84.4 cm³/mol. The summed E-state index contributed by atoms with van der Waals surface area (Å²) in [6.07, 6.45) is 0.711. The first kappa shape index (κ1) is 17.9. The van der Waals surface area contributed by atoms with Crippen molar-refractivity contribution in [3.8, 4) is 5.75 Å². The summed E-state index contributed by atoms with van der Waals surface area (Å²) in [6, 6.07) is 8.93. The maximum absolute atomic E-state index is 12.0. The van der Waals surface area contributed by atoms with Gasteiger partial charge in [-0.15, -0.1) is 11.3 Å². The van der Waals surface area contributed by atoms with E-state index in [4.69, 9.17) is 4.74 Å². The SMILES string of the molecule is O=C(COC(=O)c1ccc(OC(F)F)cc1)NCCc1cccs1. The summed E-state index contributed by atoms with van der Waals surface area (Å²) < 4.78 is 33.1. The summed E-state index contributed by atoms with van der Waals surface area (Å²) >= 11 is 1.60. The topological polar surface area (TPSA) is 64.6 Å². The molecule has 1 N–H and O–H groups in total. The van der Waals surface area contributed by atoms with Crippen molar-refractivity contribution < 1.29 is 27.8 Å². The molecule has 0 saturated carbocycles. The Morgan fingerprint density at radius 2 is 1.92 bits per heavy atom. The van der Waals surface area contributed by atoms with E-state index >= 15 is 0 Å². The lowest BCUT2D eigenvalue weighted by Gasteiger charge is -2.07. The molecule has 0 radical (unpaired) electrons. The molecule has 2 rings (SSSR count). The van der Waals surface area contributed by atoms with Crippen LogP contribution in [0.1, 0.15) is 15.2 Å². The molecule has 8 heteroatoms. The molecule has 0 unspecified atom stereocenters. The number of hydrogen-bond donors (Lipinski definition) is 1. The molecule has 0 spiro atoms. The zero-order chi connectivity index (χ0) is 17.4. The number of rotatable bonds is 8. The lowest BCUT2D eigenvalue weighted by molar-refractivity contribution is -0.124. The number of hydrogen-bond acceptors (Lipinski definition) is 5. The number of thiophene rings is 1. The van der Waals surface area contributed by atoms with Crippen LogP contribution in [0.5, 0.6) is 5.75 Å². The van der Waals surface area contributed by atoms with Crippen LogP contribution in [0.15, 0.2) is 41.8 Å². The Kier molecular flexibility index (Phi) is 6.68. The van der Waals surface area contributed by atoms with E-state index in [0.29, 0.717) is 13.0 Å². The minimum Gasteiger partial charge on any atom is -0.452 e. The van der Waals surface area contributed by atoms with Crippen LogP contribution in [0, 0.1) is 0 Å². The number of amides is 1. The Labute approximate surface area is 141 Å². The van der Waals surface area contributed by atoms with E-state index in [1.54, 1.807) is 11.3 Å². The van der Waals surface area contributed by atoms with Crippen LogP contribution in [-0.2, 0) is 16.0 Å². The zero-order valence-electron chi connectivity index (χ0n) is 12.5. The van der Waals surface area contributed by atoms with E-state index in [0.717, 1.165) is 4.88 Å². The number of ether oxygens (including phenoxy) is 2. The van der Waals surface area contributed by atoms with Gasteiger partial charge in [-0.3, -0.25) is 4.79 Å². The summed E-state index contributed by atoms with van der Waals surface area (Å²) in [7, 11) is 0. The quantitative estimate of drug-likeness (QED) is 0.740. The second-order valence-corrected chi connectivity index (χ2v) is 5.69. The van der Waals surface area contributed by atoms with Crippen molar-refractivity contribution in [2.75, 3.05) is 13.2 Å². The van der Waals surface area contributed by atoms with E-state index in [2.05, 4.69) is 10.1 Å².